The van der Waals surface area contributed by atoms with Gasteiger partial charge < -0.3 is 10.1 Å². The van der Waals surface area contributed by atoms with Crippen LogP contribution < -0.4 is 15.5 Å². The van der Waals surface area contributed by atoms with Crippen molar-refractivity contribution >= 4 is 40.7 Å². The van der Waals surface area contributed by atoms with Crippen LogP contribution in [0.3, 0.4) is 0 Å². The third-order valence-corrected chi connectivity index (χ3v) is 4.82. The van der Waals surface area contributed by atoms with Crippen molar-refractivity contribution in [2.24, 2.45) is 5.92 Å². The summed E-state index contributed by atoms with van der Waals surface area (Å²) in [6.07, 6.45) is 1.54. The number of anilines is 1. The molecule has 1 saturated heterocycles. The lowest BCUT2D eigenvalue weighted by Gasteiger charge is -2.24. The minimum Gasteiger partial charge on any atom is -0.497 e. The lowest BCUT2D eigenvalue weighted by atomic mass is 10.2. The molecule has 2 fully saturated rings. The van der Waals surface area contributed by atoms with Crippen molar-refractivity contribution in [2.75, 3.05) is 19.5 Å². The van der Waals surface area contributed by atoms with E-state index in [1.165, 1.54) is 17.0 Å². The molecule has 1 unspecified atom stereocenters. The zero-order chi connectivity index (χ0) is 18.8. The Labute approximate surface area is 156 Å². The first-order valence-corrected chi connectivity index (χ1v) is 8.66. The Hall–Kier alpha value is -2.68. The number of thiocarbonyl (C=S) groups is 1. The number of methoxy groups -OCH3 is 1. The van der Waals surface area contributed by atoms with Crippen molar-refractivity contribution in [1.29, 1.82) is 0 Å². The summed E-state index contributed by atoms with van der Waals surface area (Å²) in [5.41, 5.74) is 3.27. The number of nitrogens with zero attached hydrogens (tertiary/aromatic N) is 2. The molecule has 1 aromatic carbocycles. The summed E-state index contributed by atoms with van der Waals surface area (Å²) < 4.78 is 5.07. The number of benzene rings is 1. The number of amides is 3. The minimum atomic E-state index is -0.853. The fourth-order valence-electron chi connectivity index (χ4n) is 2.64. The van der Waals surface area contributed by atoms with Crippen molar-refractivity contribution in [3.05, 3.63) is 24.3 Å². The van der Waals surface area contributed by atoms with Gasteiger partial charge in [0.25, 0.3) is 5.91 Å². The van der Waals surface area contributed by atoms with Crippen LogP contribution in [0.4, 0.5) is 5.69 Å². The average molecular weight is 376 g/mol. The second-order valence-electron chi connectivity index (χ2n) is 6.30. The molecule has 1 aliphatic heterocycles. The number of nitrogens with one attached hydrogen (secondary N) is 2. The first-order valence-electron chi connectivity index (χ1n) is 8.26. The molecule has 9 heteroatoms. The van der Waals surface area contributed by atoms with E-state index in [1.54, 1.807) is 31.4 Å². The van der Waals surface area contributed by atoms with Gasteiger partial charge >= 0.3 is 0 Å². The Morgan fingerprint density at radius 2 is 1.92 bits per heavy atom. The molecule has 1 atom stereocenters. The van der Waals surface area contributed by atoms with Crippen molar-refractivity contribution in [1.82, 2.24) is 15.3 Å². The minimum absolute atomic E-state index is 0.0346. The van der Waals surface area contributed by atoms with Gasteiger partial charge in [0.05, 0.1) is 13.5 Å². The van der Waals surface area contributed by atoms with Gasteiger partial charge in [-0.3, -0.25) is 24.7 Å². The predicted molar refractivity (Wildman–Crippen MR) is 98.1 cm³/mol. The molecular formula is C17H20N4O4S. The van der Waals surface area contributed by atoms with E-state index in [4.69, 9.17) is 17.0 Å². The van der Waals surface area contributed by atoms with Gasteiger partial charge in [0.2, 0.25) is 11.8 Å². The van der Waals surface area contributed by atoms with Gasteiger partial charge in [0.15, 0.2) is 5.11 Å². The first-order chi connectivity index (χ1) is 12.4. The van der Waals surface area contributed by atoms with E-state index in [1.807, 2.05) is 0 Å². The van der Waals surface area contributed by atoms with E-state index in [-0.39, 0.29) is 35.2 Å². The summed E-state index contributed by atoms with van der Waals surface area (Å²) in [4.78, 5) is 38.1. The first kappa shape index (κ1) is 18.1. The molecule has 1 aliphatic carbocycles. The Kier molecular flexibility index (Phi) is 5.08. The number of hydrazine groups is 1. The maximum Gasteiger partial charge on any atom is 0.253 e. The van der Waals surface area contributed by atoms with Gasteiger partial charge in [0.1, 0.15) is 11.8 Å². The van der Waals surface area contributed by atoms with Crippen LogP contribution in [0.15, 0.2) is 24.3 Å². The second-order valence-corrected chi connectivity index (χ2v) is 6.66. The predicted octanol–water partition coefficient (Wildman–Crippen LogP) is 0.892. The molecule has 1 heterocycles. The third kappa shape index (κ3) is 3.77. The zero-order valence-electron chi connectivity index (χ0n) is 14.5. The smallest absolute Gasteiger partial charge is 0.253 e. The standard InChI is InChI=1S/C17H20N4O4S/c1-20-16(24)13(21(17(20)26)19-15(23)10-3-4-10)9-14(22)18-11-5-7-12(25-2)8-6-11/h5-8,10,13H,3-4,9H2,1-2H3,(H,18,22)(H,19,23). The molecule has 2 aliphatic rings. The summed E-state index contributed by atoms with van der Waals surface area (Å²) in [7, 11) is 3.09. The fraction of sp³-hybridized carbons (Fsp3) is 0.412. The molecule has 3 amide bonds. The lowest BCUT2D eigenvalue weighted by Crippen LogP contribution is -2.50. The zero-order valence-corrected chi connectivity index (χ0v) is 15.3. The Bertz CT molecular complexity index is 748. The summed E-state index contributed by atoms with van der Waals surface area (Å²) in [6.45, 7) is 0. The maximum absolute atomic E-state index is 12.4. The lowest BCUT2D eigenvalue weighted by molar-refractivity contribution is -0.132. The van der Waals surface area contributed by atoms with Gasteiger partial charge in [-0.1, -0.05) is 0 Å². The molecule has 1 aromatic rings. The second kappa shape index (κ2) is 7.28. The van der Waals surface area contributed by atoms with Gasteiger partial charge in [-0.2, -0.15) is 0 Å². The van der Waals surface area contributed by atoms with Crippen molar-refractivity contribution in [3.63, 3.8) is 0 Å². The number of hydrogen-bond donors (Lipinski definition) is 2. The monoisotopic (exact) mass is 376 g/mol. The van der Waals surface area contributed by atoms with E-state index >= 15 is 0 Å². The molecule has 0 bridgehead atoms. The van der Waals surface area contributed by atoms with Gasteiger partial charge in [-0.05, 0) is 49.3 Å². The third-order valence-electron chi connectivity index (χ3n) is 4.35. The number of carbonyl (C=O) groups excluding carboxylic acids is 3. The summed E-state index contributed by atoms with van der Waals surface area (Å²) >= 11 is 5.22. The average Bonchev–Trinajstić information content (AvgIpc) is 3.45. The summed E-state index contributed by atoms with van der Waals surface area (Å²) in [5.74, 6) is -0.202. The molecule has 2 N–H and O–H groups in total. The number of carbonyl (C=O) groups is 3. The van der Waals surface area contributed by atoms with E-state index in [0.717, 1.165) is 12.8 Å². The number of likely N-dealkylation sites (N-methyl/N-ethyl adjacent to an activating group) is 1. The molecule has 26 heavy (non-hydrogen) atoms. The largest absolute Gasteiger partial charge is 0.497 e. The quantitative estimate of drug-likeness (QED) is 0.717. The molecule has 8 nitrogen and oxygen atoms in total. The number of rotatable bonds is 6. The highest BCUT2D eigenvalue weighted by molar-refractivity contribution is 7.80. The van der Waals surface area contributed by atoms with Crippen LogP contribution >= 0.6 is 12.2 Å². The molecule has 138 valence electrons. The van der Waals surface area contributed by atoms with Gasteiger partial charge in [-0.25, -0.2) is 5.01 Å². The molecule has 3 rings (SSSR count). The Balaban J connectivity index is 1.66. The molecule has 0 radical (unpaired) electrons. The van der Waals surface area contributed by atoms with Crippen molar-refractivity contribution < 1.29 is 19.1 Å². The topological polar surface area (TPSA) is 91.0 Å². The summed E-state index contributed by atoms with van der Waals surface area (Å²) in [6, 6.07) is 6.00. The summed E-state index contributed by atoms with van der Waals surface area (Å²) in [5, 5.41) is 4.24. The molecule has 0 aromatic heterocycles. The molecule has 1 saturated carbocycles. The highest BCUT2D eigenvalue weighted by atomic mass is 32.1. The normalized spacial score (nSPS) is 19.5. The Morgan fingerprint density at radius 1 is 1.27 bits per heavy atom. The maximum atomic E-state index is 12.4. The van der Waals surface area contributed by atoms with Crippen molar-refractivity contribution in [3.8, 4) is 5.75 Å². The highest BCUT2D eigenvalue weighted by Gasteiger charge is 2.44. The van der Waals surface area contributed by atoms with Crippen LogP contribution in [-0.4, -0.2) is 52.9 Å². The molecule has 0 spiro atoms. The van der Waals surface area contributed by atoms with E-state index in [0.29, 0.717) is 11.4 Å². The van der Waals surface area contributed by atoms with Gasteiger partial charge in [0, 0.05) is 18.7 Å². The Morgan fingerprint density at radius 3 is 2.50 bits per heavy atom. The van der Waals surface area contributed by atoms with Crippen LogP contribution in [0.1, 0.15) is 19.3 Å². The van der Waals surface area contributed by atoms with E-state index in [9.17, 15) is 14.4 Å². The number of ether oxygens (including phenoxy) is 1. The van der Waals surface area contributed by atoms with Crippen LogP contribution in [0.5, 0.6) is 5.75 Å². The van der Waals surface area contributed by atoms with Crippen molar-refractivity contribution in [2.45, 2.75) is 25.3 Å². The van der Waals surface area contributed by atoms with Gasteiger partial charge in [-0.15, -0.1) is 0 Å². The fourth-order valence-corrected chi connectivity index (χ4v) is 2.91. The number of hydrogen-bond acceptors (Lipinski definition) is 5. The van der Waals surface area contributed by atoms with E-state index < -0.39 is 6.04 Å². The highest BCUT2D eigenvalue weighted by Crippen LogP contribution is 2.29. The van der Waals surface area contributed by atoms with Crippen LogP contribution in [-0.2, 0) is 14.4 Å². The van der Waals surface area contributed by atoms with Crippen LogP contribution in [0.25, 0.3) is 0 Å². The van der Waals surface area contributed by atoms with Crippen LogP contribution in [0, 0.1) is 5.92 Å². The molecular weight excluding hydrogens is 356 g/mol. The SMILES string of the molecule is COc1ccc(NC(=O)CC2C(=O)N(C)C(=S)N2NC(=O)C2CC2)cc1. The van der Waals surface area contributed by atoms with Crippen LogP contribution in [0.2, 0.25) is 0 Å². The van der Waals surface area contributed by atoms with E-state index in [2.05, 4.69) is 10.7 Å².